The van der Waals surface area contributed by atoms with Crippen molar-refractivity contribution in [2.45, 2.75) is 18.9 Å². The summed E-state index contributed by atoms with van der Waals surface area (Å²) < 4.78 is 0. The molecule has 1 saturated heterocycles. The van der Waals surface area contributed by atoms with Gasteiger partial charge in [0.2, 0.25) is 5.91 Å². The summed E-state index contributed by atoms with van der Waals surface area (Å²) in [5, 5.41) is 0. The first-order chi connectivity index (χ1) is 9.08. The van der Waals surface area contributed by atoms with Gasteiger partial charge in [-0.25, -0.2) is 4.98 Å². The van der Waals surface area contributed by atoms with Gasteiger partial charge in [-0.15, -0.1) is 0 Å². The van der Waals surface area contributed by atoms with E-state index in [2.05, 4.69) is 9.97 Å². The minimum absolute atomic E-state index is 0.0550. The highest BCUT2D eigenvalue weighted by Crippen LogP contribution is 2.31. The Morgan fingerprint density at radius 3 is 2.95 bits per heavy atom. The third-order valence-electron chi connectivity index (χ3n) is 3.60. The SMILES string of the molecule is CN1C(=O)CC[C@@H]1c1nc2c(C(N)=O)cccc2[nH]1. The molecule has 3 N–H and O–H groups in total. The Hall–Kier alpha value is -2.37. The molecule has 6 nitrogen and oxygen atoms in total. The highest BCUT2D eigenvalue weighted by atomic mass is 16.2. The molecule has 1 aromatic heterocycles. The Morgan fingerprint density at radius 1 is 1.53 bits per heavy atom. The van der Waals surface area contributed by atoms with Crippen LogP contribution in [0, 0.1) is 0 Å². The molecule has 0 bridgehead atoms. The quantitative estimate of drug-likeness (QED) is 0.840. The van der Waals surface area contributed by atoms with Gasteiger partial charge in [-0.2, -0.15) is 0 Å². The zero-order valence-electron chi connectivity index (χ0n) is 10.5. The van der Waals surface area contributed by atoms with Gasteiger partial charge in [0.1, 0.15) is 11.3 Å². The Labute approximate surface area is 109 Å². The summed E-state index contributed by atoms with van der Waals surface area (Å²) in [6.45, 7) is 0. The first-order valence-electron chi connectivity index (χ1n) is 6.12. The maximum Gasteiger partial charge on any atom is 0.250 e. The summed E-state index contributed by atoms with van der Waals surface area (Å²) in [7, 11) is 1.77. The Bertz CT molecular complexity index is 676. The number of nitrogens with one attached hydrogen (secondary N) is 1. The normalized spacial score (nSPS) is 19.3. The van der Waals surface area contributed by atoms with E-state index in [-0.39, 0.29) is 11.9 Å². The number of amides is 2. The van der Waals surface area contributed by atoms with E-state index < -0.39 is 5.91 Å². The number of carbonyl (C=O) groups is 2. The van der Waals surface area contributed by atoms with Crippen LogP contribution in [0.5, 0.6) is 0 Å². The second kappa shape index (κ2) is 4.08. The lowest BCUT2D eigenvalue weighted by Crippen LogP contribution is -2.23. The van der Waals surface area contributed by atoms with Crippen LogP contribution in [0.2, 0.25) is 0 Å². The number of fused-ring (bicyclic) bond motifs is 1. The van der Waals surface area contributed by atoms with E-state index in [4.69, 9.17) is 5.73 Å². The molecular formula is C13H14N4O2. The smallest absolute Gasteiger partial charge is 0.250 e. The molecular weight excluding hydrogens is 244 g/mol. The van der Waals surface area contributed by atoms with Crippen molar-refractivity contribution in [3.8, 4) is 0 Å². The predicted molar refractivity (Wildman–Crippen MR) is 69.4 cm³/mol. The Kier molecular flexibility index (Phi) is 2.51. The molecule has 0 saturated carbocycles. The number of imidazole rings is 1. The third-order valence-corrected chi connectivity index (χ3v) is 3.60. The van der Waals surface area contributed by atoms with Crippen LogP contribution in [0.1, 0.15) is 35.1 Å². The number of primary amides is 1. The molecule has 2 aromatic rings. The van der Waals surface area contributed by atoms with Crippen LogP contribution < -0.4 is 5.73 Å². The summed E-state index contributed by atoms with van der Waals surface area (Å²) in [6, 6.07) is 5.20. The number of para-hydroxylation sites is 1. The van der Waals surface area contributed by atoms with Crippen LogP contribution in [-0.2, 0) is 4.79 Å². The van der Waals surface area contributed by atoms with Crippen molar-refractivity contribution in [1.82, 2.24) is 14.9 Å². The molecule has 2 amide bonds. The molecule has 1 aliphatic rings. The number of H-pyrrole nitrogens is 1. The zero-order valence-corrected chi connectivity index (χ0v) is 10.5. The van der Waals surface area contributed by atoms with E-state index in [0.717, 1.165) is 11.9 Å². The highest BCUT2D eigenvalue weighted by Gasteiger charge is 2.31. The number of nitrogens with two attached hydrogens (primary N) is 1. The van der Waals surface area contributed by atoms with Gasteiger partial charge in [0.05, 0.1) is 17.1 Å². The summed E-state index contributed by atoms with van der Waals surface area (Å²) >= 11 is 0. The van der Waals surface area contributed by atoms with Crippen LogP contribution in [0.4, 0.5) is 0 Å². The number of nitrogens with zero attached hydrogens (tertiary/aromatic N) is 2. The summed E-state index contributed by atoms with van der Waals surface area (Å²) in [6.07, 6.45) is 1.27. The molecule has 0 aliphatic carbocycles. The molecule has 0 radical (unpaired) electrons. The minimum Gasteiger partial charge on any atom is -0.366 e. The average Bonchev–Trinajstić information content (AvgIpc) is 2.93. The van der Waals surface area contributed by atoms with Gasteiger partial charge in [-0.05, 0) is 18.6 Å². The number of likely N-dealkylation sites (tertiary alicyclic amines) is 1. The van der Waals surface area contributed by atoms with E-state index in [0.29, 0.717) is 23.3 Å². The summed E-state index contributed by atoms with van der Waals surface area (Å²) in [5.41, 5.74) is 7.06. The fourth-order valence-corrected chi connectivity index (χ4v) is 2.53. The number of hydrogen-bond donors (Lipinski definition) is 2. The van der Waals surface area contributed by atoms with E-state index >= 15 is 0 Å². The van der Waals surface area contributed by atoms with E-state index in [9.17, 15) is 9.59 Å². The number of hydrogen-bond acceptors (Lipinski definition) is 3. The molecule has 0 spiro atoms. The largest absolute Gasteiger partial charge is 0.366 e. The summed E-state index contributed by atoms with van der Waals surface area (Å²) in [5.74, 6) is 0.317. The Balaban J connectivity index is 2.10. The fourth-order valence-electron chi connectivity index (χ4n) is 2.53. The lowest BCUT2D eigenvalue weighted by molar-refractivity contribution is -0.127. The first kappa shape index (κ1) is 11.7. The van der Waals surface area contributed by atoms with Crippen LogP contribution >= 0.6 is 0 Å². The topological polar surface area (TPSA) is 92.1 Å². The first-order valence-corrected chi connectivity index (χ1v) is 6.12. The molecule has 2 heterocycles. The van der Waals surface area contributed by atoms with E-state index in [1.807, 2.05) is 6.07 Å². The van der Waals surface area contributed by atoms with Gasteiger partial charge in [-0.3, -0.25) is 9.59 Å². The lowest BCUT2D eigenvalue weighted by Gasteiger charge is -2.17. The number of carbonyl (C=O) groups excluding carboxylic acids is 2. The molecule has 19 heavy (non-hydrogen) atoms. The maximum absolute atomic E-state index is 11.6. The predicted octanol–water partition coefficient (Wildman–Crippen LogP) is 0.955. The van der Waals surface area contributed by atoms with Crippen molar-refractivity contribution in [2.24, 2.45) is 5.73 Å². The molecule has 1 fully saturated rings. The second-order valence-corrected chi connectivity index (χ2v) is 4.75. The maximum atomic E-state index is 11.6. The zero-order chi connectivity index (χ0) is 13.6. The van der Waals surface area contributed by atoms with Crippen molar-refractivity contribution in [1.29, 1.82) is 0 Å². The summed E-state index contributed by atoms with van der Waals surface area (Å²) in [4.78, 5) is 32.2. The van der Waals surface area contributed by atoms with Crippen LogP contribution in [0.3, 0.4) is 0 Å². The second-order valence-electron chi connectivity index (χ2n) is 4.75. The van der Waals surface area contributed by atoms with Gasteiger partial charge in [0.15, 0.2) is 0 Å². The number of rotatable bonds is 2. The molecule has 1 aromatic carbocycles. The molecule has 6 heteroatoms. The standard InChI is InChI=1S/C13H14N4O2/c1-17-9(5-6-10(17)18)13-15-8-4-2-3-7(12(14)19)11(8)16-13/h2-4,9H,5-6H2,1H3,(H2,14,19)(H,15,16)/t9-/m1/s1. The number of aromatic amines is 1. The minimum atomic E-state index is -0.500. The van der Waals surface area contributed by atoms with Crippen LogP contribution in [0.15, 0.2) is 18.2 Å². The molecule has 0 unspecified atom stereocenters. The molecule has 98 valence electrons. The van der Waals surface area contributed by atoms with E-state index in [1.54, 1.807) is 24.1 Å². The van der Waals surface area contributed by atoms with Gasteiger partial charge in [0, 0.05) is 13.5 Å². The van der Waals surface area contributed by atoms with Gasteiger partial charge in [-0.1, -0.05) is 6.07 Å². The van der Waals surface area contributed by atoms with Gasteiger partial charge < -0.3 is 15.6 Å². The third kappa shape index (κ3) is 1.76. The average molecular weight is 258 g/mol. The van der Waals surface area contributed by atoms with Crippen molar-refractivity contribution >= 4 is 22.8 Å². The lowest BCUT2D eigenvalue weighted by atomic mass is 10.2. The van der Waals surface area contributed by atoms with Crippen molar-refractivity contribution in [2.75, 3.05) is 7.05 Å². The van der Waals surface area contributed by atoms with Gasteiger partial charge >= 0.3 is 0 Å². The number of aromatic nitrogens is 2. The van der Waals surface area contributed by atoms with Crippen molar-refractivity contribution < 1.29 is 9.59 Å². The Morgan fingerprint density at radius 2 is 2.32 bits per heavy atom. The monoisotopic (exact) mass is 258 g/mol. The van der Waals surface area contributed by atoms with Gasteiger partial charge in [0.25, 0.3) is 5.91 Å². The highest BCUT2D eigenvalue weighted by molar-refractivity contribution is 6.04. The number of benzene rings is 1. The molecule has 3 rings (SSSR count). The van der Waals surface area contributed by atoms with Crippen molar-refractivity contribution in [3.05, 3.63) is 29.6 Å². The fraction of sp³-hybridized carbons (Fsp3) is 0.308. The molecule has 1 aliphatic heterocycles. The van der Waals surface area contributed by atoms with E-state index in [1.165, 1.54) is 0 Å². The molecule has 1 atom stereocenters. The van der Waals surface area contributed by atoms with Crippen LogP contribution in [0.25, 0.3) is 11.0 Å². The van der Waals surface area contributed by atoms with Crippen LogP contribution in [-0.4, -0.2) is 33.7 Å². The van der Waals surface area contributed by atoms with Crippen molar-refractivity contribution in [3.63, 3.8) is 0 Å².